The van der Waals surface area contributed by atoms with Crippen LogP contribution in [0.15, 0.2) is 48.5 Å². The van der Waals surface area contributed by atoms with Crippen LogP contribution >= 0.6 is 0 Å². The zero-order valence-corrected chi connectivity index (χ0v) is 20.2. The van der Waals surface area contributed by atoms with Crippen LogP contribution in [0.25, 0.3) is 10.9 Å². The molecule has 8 nitrogen and oxygen atoms in total. The minimum atomic E-state index is -0.285. The summed E-state index contributed by atoms with van der Waals surface area (Å²) in [5.74, 6) is 0.272. The Labute approximate surface area is 209 Å². The Balaban J connectivity index is 1.33. The number of nitrogens with one attached hydrogen (secondary N) is 3. The van der Waals surface area contributed by atoms with Crippen LogP contribution < -0.4 is 16.0 Å². The molecule has 2 heterocycles. The highest BCUT2D eigenvalue weighted by molar-refractivity contribution is 6.06. The third kappa shape index (κ3) is 4.82. The third-order valence-corrected chi connectivity index (χ3v) is 7.27. The van der Waals surface area contributed by atoms with Crippen molar-refractivity contribution in [3.05, 3.63) is 65.4 Å². The van der Waals surface area contributed by atoms with Gasteiger partial charge in [-0.1, -0.05) is 6.92 Å². The first kappa shape index (κ1) is 23.6. The number of hydrogen-bond acceptors (Lipinski definition) is 4. The van der Waals surface area contributed by atoms with E-state index >= 15 is 0 Å². The van der Waals surface area contributed by atoms with E-state index in [1.54, 1.807) is 36.4 Å². The lowest BCUT2D eigenvalue weighted by molar-refractivity contribution is -0.122. The van der Waals surface area contributed by atoms with Crippen LogP contribution in [-0.4, -0.2) is 34.9 Å². The molecule has 2 aromatic carbocycles. The van der Waals surface area contributed by atoms with E-state index in [0.29, 0.717) is 35.5 Å². The van der Waals surface area contributed by atoms with E-state index in [4.69, 9.17) is 5.26 Å². The lowest BCUT2D eigenvalue weighted by Gasteiger charge is -2.30. The van der Waals surface area contributed by atoms with Crippen molar-refractivity contribution in [1.29, 1.82) is 5.26 Å². The van der Waals surface area contributed by atoms with Gasteiger partial charge in [-0.2, -0.15) is 5.26 Å². The lowest BCUT2D eigenvalue weighted by Crippen LogP contribution is -2.43. The minimum absolute atomic E-state index is 0.00908. The summed E-state index contributed by atoms with van der Waals surface area (Å²) in [6.07, 6.45) is 4.61. The highest BCUT2D eigenvalue weighted by atomic mass is 16.2. The topological polar surface area (TPSA) is 116 Å². The molecule has 1 aromatic heterocycles. The monoisotopic (exact) mass is 483 g/mol. The fraction of sp³-hybridized carbons (Fsp3) is 0.357. The Morgan fingerprint density at radius 1 is 1.08 bits per heavy atom. The molecule has 36 heavy (non-hydrogen) atoms. The second kappa shape index (κ2) is 9.86. The van der Waals surface area contributed by atoms with Crippen LogP contribution in [0.2, 0.25) is 0 Å². The number of nitriles is 1. The SMILES string of the molecule is CC1CCC(NC(=O)CC2CNC(=O)c3cc4cc(NC(=O)c5ccc(C#N)cc5)ccc4n32)CC1. The Morgan fingerprint density at radius 2 is 1.83 bits per heavy atom. The van der Waals surface area contributed by atoms with E-state index < -0.39 is 0 Å². The maximum absolute atomic E-state index is 12.9. The number of benzene rings is 2. The summed E-state index contributed by atoms with van der Waals surface area (Å²) >= 11 is 0. The zero-order valence-electron chi connectivity index (χ0n) is 20.2. The second-order valence-electron chi connectivity index (χ2n) is 9.91. The van der Waals surface area contributed by atoms with Gasteiger partial charge >= 0.3 is 0 Å². The van der Waals surface area contributed by atoms with Gasteiger partial charge < -0.3 is 20.5 Å². The molecule has 1 unspecified atom stereocenters. The summed E-state index contributed by atoms with van der Waals surface area (Å²) in [7, 11) is 0. The lowest BCUT2D eigenvalue weighted by atomic mass is 9.87. The summed E-state index contributed by atoms with van der Waals surface area (Å²) in [6.45, 7) is 2.65. The molecule has 3 amide bonds. The third-order valence-electron chi connectivity index (χ3n) is 7.27. The van der Waals surface area contributed by atoms with Gasteiger partial charge in [0, 0.05) is 41.2 Å². The second-order valence-corrected chi connectivity index (χ2v) is 9.91. The van der Waals surface area contributed by atoms with Gasteiger partial charge in [0.25, 0.3) is 11.8 Å². The van der Waals surface area contributed by atoms with Gasteiger partial charge in [0.15, 0.2) is 0 Å². The van der Waals surface area contributed by atoms with Gasteiger partial charge in [-0.15, -0.1) is 0 Å². The number of fused-ring (bicyclic) bond motifs is 3. The summed E-state index contributed by atoms with van der Waals surface area (Å²) in [6, 6.07) is 15.8. The molecule has 0 bridgehead atoms. The van der Waals surface area contributed by atoms with Gasteiger partial charge in [-0.3, -0.25) is 14.4 Å². The summed E-state index contributed by atoms with van der Waals surface area (Å²) < 4.78 is 1.95. The van der Waals surface area contributed by atoms with Crippen molar-refractivity contribution >= 4 is 34.3 Å². The molecule has 3 N–H and O–H groups in total. The molecule has 0 radical (unpaired) electrons. The van der Waals surface area contributed by atoms with Crippen molar-refractivity contribution in [1.82, 2.24) is 15.2 Å². The highest BCUT2D eigenvalue weighted by Crippen LogP contribution is 2.31. The number of nitrogens with zero attached hydrogens (tertiary/aromatic N) is 2. The molecule has 2 aliphatic rings. The Bertz CT molecular complexity index is 1360. The molecule has 1 atom stereocenters. The number of carbonyl (C=O) groups is 3. The van der Waals surface area contributed by atoms with Crippen molar-refractivity contribution in [3.8, 4) is 6.07 Å². The van der Waals surface area contributed by atoms with Crippen LogP contribution in [0.3, 0.4) is 0 Å². The molecule has 1 saturated carbocycles. The first-order chi connectivity index (χ1) is 17.4. The van der Waals surface area contributed by atoms with E-state index in [-0.39, 0.29) is 29.8 Å². The van der Waals surface area contributed by atoms with Crippen LogP contribution in [0.5, 0.6) is 0 Å². The Kier molecular flexibility index (Phi) is 6.47. The first-order valence-electron chi connectivity index (χ1n) is 12.5. The number of aromatic nitrogens is 1. The van der Waals surface area contributed by atoms with Crippen molar-refractivity contribution in [3.63, 3.8) is 0 Å². The van der Waals surface area contributed by atoms with E-state index in [1.807, 2.05) is 22.8 Å². The molecule has 3 aromatic rings. The molecular weight excluding hydrogens is 454 g/mol. The van der Waals surface area contributed by atoms with E-state index in [1.165, 1.54) is 0 Å². The molecule has 1 aliphatic heterocycles. The summed E-state index contributed by atoms with van der Waals surface area (Å²) in [5, 5.41) is 18.7. The molecule has 0 spiro atoms. The smallest absolute Gasteiger partial charge is 0.268 e. The quantitative estimate of drug-likeness (QED) is 0.506. The minimum Gasteiger partial charge on any atom is -0.353 e. The largest absolute Gasteiger partial charge is 0.353 e. The van der Waals surface area contributed by atoms with Gasteiger partial charge in [-0.25, -0.2) is 0 Å². The molecule has 1 fully saturated rings. The van der Waals surface area contributed by atoms with Crippen LogP contribution in [0, 0.1) is 17.2 Å². The van der Waals surface area contributed by atoms with Crippen molar-refractivity contribution in [2.24, 2.45) is 5.92 Å². The van der Waals surface area contributed by atoms with Gasteiger partial charge in [-0.05, 0) is 80.1 Å². The Hall–Kier alpha value is -4.12. The van der Waals surface area contributed by atoms with Gasteiger partial charge in [0.1, 0.15) is 5.69 Å². The van der Waals surface area contributed by atoms with Crippen LogP contribution in [-0.2, 0) is 4.79 Å². The number of hydrogen-bond donors (Lipinski definition) is 3. The predicted molar refractivity (Wildman–Crippen MR) is 137 cm³/mol. The number of amides is 3. The fourth-order valence-electron chi connectivity index (χ4n) is 5.24. The van der Waals surface area contributed by atoms with E-state index in [2.05, 4.69) is 22.9 Å². The van der Waals surface area contributed by atoms with E-state index in [9.17, 15) is 14.4 Å². The average Bonchev–Trinajstić information content (AvgIpc) is 3.27. The predicted octanol–water partition coefficient (Wildman–Crippen LogP) is 4.13. The van der Waals surface area contributed by atoms with Gasteiger partial charge in [0.2, 0.25) is 5.91 Å². The van der Waals surface area contributed by atoms with Crippen LogP contribution in [0.4, 0.5) is 5.69 Å². The summed E-state index contributed by atoms with van der Waals surface area (Å²) in [5.41, 5.74) is 2.89. The molecule has 5 rings (SSSR count). The fourth-order valence-corrected chi connectivity index (χ4v) is 5.24. The maximum atomic E-state index is 12.9. The van der Waals surface area contributed by atoms with Gasteiger partial charge in [0.05, 0.1) is 17.7 Å². The molecule has 8 heteroatoms. The summed E-state index contributed by atoms with van der Waals surface area (Å²) in [4.78, 5) is 38.1. The average molecular weight is 484 g/mol. The normalized spacial score (nSPS) is 21.2. The van der Waals surface area contributed by atoms with Crippen LogP contribution in [0.1, 0.15) is 71.5 Å². The number of carbonyl (C=O) groups excluding carboxylic acids is 3. The molecular formula is C28H29N5O3. The first-order valence-corrected chi connectivity index (χ1v) is 12.5. The zero-order chi connectivity index (χ0) is 25.2. The standard InChI is InChI=1S/C28H29N5O3/c1-17-2-8-21(9-3-17)31-26(34)14-23-16-30-28(36)25-13-20-12-22(10-11-24(20)33(23)25)32-27(35)19-6-4-18(15-29)5-7-19/h4-7,10-13,17,21,23H,2-3,8-9,14,16H2,1H3,(H,30,36)(H,31,34)(H,32,35). The van der Waals surface area contributed by atoms with Crippen molar-refractivity contribution in [2.45, 2.75) is 51.1 Å². The van der Waals surface area contributed by atoms with Crippen molar-refractivity contribution < 1.29 is 14.4 Å². The molecule has 0 saturated heterocycles. The highest BCUT2D eigenvalue weighted by Gasteiger charge is 2.29. The number of anilines is 1. The maximum Gasteiger partial charge on any atom is 0.268 e. The molecule has 1 aliphatic carbocycles. The number of rotatable bonds is 5. The molecule has 184 valence electrons. The van der Waals surface area contributed by atoms with Crippen molar-refractivity contribution in [2.75, 3.05) is 11.9 Å². The van der Waals surface area contributed by atoms with E-state index in [0.717, 1.165) is 42.5 Å². The Morgan fingerprint density at radius 3 is 2.56 bits per heavy atom.